The fraction of sp³-hybridized carbons (Fsp3) is 0.143. The van der Waals surface area contributed by atoms with E-state index in [2.05, 4.69) is 27.4 Å². The second kappa shape index (κ2) is 8.39. The van der Waals surface area contributed by atoms with Crippen LogP contribution in [0.2, 0.25) is 0 Å². The quantitative estimate of drug-likeness (QED) is 0.328. The van der Waals surface area contributed by atoms with Gasteiger partial charge in [0.2, 0.25) is 0 Å². The van der Waals surface area contributed by atoms with Gasteiger partial charge in [-0.1, -0.05) is 30.5 Å². The zero-order chi connectivity index (χ0) is 20.4. The molecule has 0 bridgehead atoms. The summed E-state index contributed by atoms with van der Waals surface area (Å²) in [5, 5.41) is 17.3. The molecule has 0 radical (unpaired) electrons. The van der Waals surface area contributed by atoms with Gasteiger partial charge in [0.05, 0.1) is 18.2 Å². The minimum absolute atomic E-state index is 0. The number of aromatic nitrogens is 6. The molecule has 148 valence electrons. The van der Waals surface area contributed by atoms with Crippen molar-refractivity contribution < 1.29 is 20.4 Å². The molecule has 0 aliphatic carbocycles. The number of pyridine rings is 2. The van der Waals surface area contributed by atoms with E-state index in [1.807, 2.05) is 50.2 Å². The van der Waals surface area contributed by atoms with E-state index in [-0.39, 0.29) is 20.4 Å². The molecule has 0 N–H and O–H groups in total. The first-order valence-corrected chi connectivity index (χ1v) is 8.69. The van der Waals surface area contributed by atoms with Crippen LogP contribution in [-0.4, -0.2) is 29.5 Å². The summed E-state index contributed by atoms with van der Waals surface area (Å²) in [5.74, 6) is 1.14. The van der Waals surface area contributed by atoms with Crippen LogP contribution < -0.4 is 0 Å². The fourth-order valence-corrected chi connectivity index (χ4v) is 2.82. The second-order valence-electron chi connectivity index (χ2n) is 6.75. The Morgan fingerprint density at radius 2 is 1.53 bits per heavy atom. The molecule has 8 nitrogen and oxygen atoms in total. The zero-order valence-electron chi connectivity index (χ0n) is 16.0. The van der Waals surface area contributed by atoms with Gasteiger partial charge in [0.25, 0.3) is 0 Å². The molecule has 0 saturated heterocycles. The Kier molecular flexibility index (Phi) is 5.89. The normalized spacial score (nSPS) is 10.7. The van der Waals surface area contributed by atoms with Crippen LogP contribution in [0.25, 0.3) is 16.5 Å². The average Bonchev–Trinajstić information content (AvgIpc) is 3.43. The van der Waals surface area contributed by atoms with Crippen LogP contribution in [0.1, 0.15) is 30.8 Å². The van der Waals surface area contributed by atoms with E-state index < -0.39 is 5.41 Å². The van der Waals surface area contributed by atoms with E-state index in [0.717, 1.165) is 11.4 Å². The smallest absolute Gasteiger partial charge is 0.357 e. The van der Waals surface area contributed by atoms with Crippen LogP contribution in [0.15, 0.2) is 48.8 Å². The number of hydrogen-bond donors (Lipinski definition) is 0. The summed E-state index contributed by atoms with van der Waals surface area (Å²) in [5.41, 5.74) is 1.73. The van der Waals surface area contributed by atoms with Crippen LogP contribution in [0.4, 0.5) is 5.69 Å². The van der Waals surface area contributed by atoms with Crippen molar-refractivity contribution in [2.75, 3.05) is 0 Å². The molecular formula is C21H14N8Pd. The van der Waals surface area contributed by atoms with Gasteiger partial charge in [-0.05, 0) is 56.2 Å². The largest absolute Gasteiger partial charge is 2.00 e. The Morgan fingerprint density at radius 3 is 2.03 bits per heavy atom. The van der Waals surface area contributed by atoms with E-state index in [9.17, 15) is 0 Å². The van der Waals surface area contributed by atoms with Crippen molar-refractivity contribution in [2.24, 2.45) is 0 Å². The molecule has 9 heteroatoms. The van der Waals surface area contributed by atoms with Gasteiger partial charge in [0.1, 0.15) is 5.69 Å². The van der Waals surface area contributed by atoms with Gasteiger partial charge in [-0.15, -0.1) is 0 Å². The molecule has 4 heterocycles. The Balaban J connectivity index is 0.00000256. The Labute approximate surface area is 187 Å². The van der Waals surface area contributed by atoms with Gasteiger partial charge in [0, 0.05) is 16.8 Å². The van der Waals surface area contributed by atoms with Crippen molar-refractivity contribution in [3.8, 4) is 17.7 Å². The zero-order valence-corrected chi connectivity index (χ0v) is 17.6. The molecule has 0 atom stereocenters. The molecule has 4 aromatic heterocycles. The van der Waals surface area contributed by atoms with Crippen LogP contribution in [0.3, 0.4) is 0 Å². The van der Waals surface area contributed by atoms with Crippen molar-refractivity contribution in [1.82, 2.24) is 29.5 Å². The van der Waals surface area contributed by atoms with Crippen LogP contribution >= 0.6 is 0 Å². The molecule has 30 heavy (non-hydrogen) atoms. The molecule has 0 aromatic carbocycles. The molecule has 0 aliphatic heterocycles. The van der Waals surface area contributed by atoms with E-state index in [1.54, 1.807) is 6.07 Å². The van der Waals surface area contributed by atoms with Gasteiger partial charge in [-0.2, -0.15) is 0 Å². The summed E-state index contributed by atoms with van der Waals surface area (Å²) in [6, 6.07) is 13.2. The van der Waals surface area contributed by atoms with Crippen LogP contribution in [0.5, 0.6) is 0 Å². The summed E-state index contributed by atoms with van der Waals surface area (Å²) in [7, 11) is 0. The minimum atomic E-state index is -0.521. The van der Waals surface area contributed by atoms with Crippen molar-refractivity contribution in [1.29, 1.82) is 5.26 Å². The Hall–Kier alpha value is -3.64. The first kappa shape index (κ1) is 21.1. The van der Waals surface area contributed by atoms with E-state index >= 15 is 0 Å². The predicted molar refractivity (Wildman–Crippen MR) is 103 cm³/mol. The Bertz CT molecular complexity index is 1170. The molecule has 4 rings (SSSR count). The van der Waals surface area contributed by atoms with Crippen LogP contribution in [-0.2, 0) is 25.8 Å². The van der Waals surface area contributed by atoms with Gasteiger partial charge in [-0.3, -0.25) is 25.2 Å². The third-order valence-corrected chi connectivity index (χ3v) is 4.47. The van der Waals surface area contributed by atoms with Gasteiger partial charge >= 0.3 is 20.4 Å². The molecule has 0 spiro atoms. The molecular weight excluding hydrogens is 471 g/mol. The minimum Gasteiger partial charge on any atom is -0.357 e. The maximum Gasteiger partial charge on any atom is 2.00 e. The van der Waals surface area contributed by atoms with Gasteiger partial charge < -0.3 is 9.36 Å². The number of rotatable bonds is 4. The first-order valence-electron chi connectivity index (χ1n) is 8.69. The maximum atomic E-state index is 8.98. The molecule has 0 amide bonds. The number of nitrogens with zero attached hydrogens (tertiary/aromatic N) is 8. The second-order valence-corrected chi connectivity index (χ2v) is 6.75. The fourth-order valence-electron chi connectivity index (χ4n) is 2.82. The SMILES string of the molecule is [C-]#[N+]c1[c-]n(-c2cccc(C(C)(C)c3cccc(-n4[c-]c(C#N)cn4)n3)n2)nc1.[Pd+2]. The summed E-state index contributed by atoms with van der Waals surface area (Å²) in [6.45, 7) is 11.1. The van der Waals surface area contributed by atoms with E-state index in [0.29, 0.717) is 22.9 Å². The third kappa shape index (κ3) is 3.90. The van der Waals surface area contributed by atoms with Crippen molar-refractivity contribution in [2.45, 2.75) is 19.3 Å². The molecule has 4 aromatic rings. The topological polar surface area (TPSA) is 89.6 Å². The summed E-state index contributed by atoms with van der Waals surface area (Å²) >= 11 is 0. The van der Waals surface area contributed by atoms with Crippen molar-refractivity contribution in [3.05, 3.63) is 89.6 Å². The molecule has 0 fully saturated rings. The first-order chi connectivity index (χ1) is 14.0. The molecule has 0 saturated carbocycles. The van der Waals surface area contributed by atoms with Gasteiger partial charge in [-0.25, -0.2) is 5.10 Å². The van der Waals surface area contributed by atoms with Gasteiger partial charge in [0.15, 0.2) is 0 Å². The van der Waals surface area contributed by atoms with E-state index in [1.165, 1.54) is 21.8 Å². The number of hydrogen-bond acceptors (Lipinski definition) is 5. The molecule has 0 unspecified atom stereocenters. The molecule has 0 aliphatic rings. The number of nitriles is 1. The Morgan fingerprint density at radius 1 is 0.967 bits per heavy atom. The van der Waals surface area contributed by atoms with Crippen LogP contribution in [0, 0.1) is 30.3 Å². The van der Waals surface area contributed by atoms with E-state index in [4.69, 9.17) is 21.8 Å². The summed E-state index contributed by atoms with van der Waals surface area (Å²) < 4.78 is 2.91. The average molecular weight is 485 g/mol. The summed E-state index contributed by atoms with van der Waals surface area (Å²) in [6.07, 6.45) is 8.63. The maximum absolute atomic E-state index is 8.98. The van der Waals surface area contributed by atoms with Crippen molar-refractivity contribution >= 4 is 5.69 Å². The predicted octanol–water partition coefficient (Wildman–Crippen LogP) is 3.19. The standard InChI is InChI=1S/C21H14N8.Pd/c1-21(2,17-6-4-8-19(26-17)28-13-15(10-22)11-24-28)18-7-5-9-20(27-18)29-14-16(23-3)12-25-29;/h4-9,11-12H,1-2H3;/q-2;+2. The summed E-state index contributed by atoms with van der Waals surface area (Å²) in [4.78, 5) is 12.7. The monoisotopic (exact) mass is 484 g/mol. The third-order valence-electron chi connectivity index (χ3n) is 4.47. The van der Waals surface area contributed by atoms with Crippen molar-refractivity contribution in [3.63, 3.8) is 0 Å².